The minimum Gasteiger partial charge on any atom is -0.369 e. The van der Waals surface area contributed by atoms with Gasteiger partial charge in [-0.1, -0.05) is 35.9 Å². The van der Waals surface area contributed by atoms with Gasteiger partial charge in [0, 0.05) is 10.2 Å². The molecule has 0 saturated carbocycles. The zero-order valence-corrected chi connectivity index (χ0v) is 13.0. The summed E-state index contributed by atoms with van der Waals surface area (Å²) in [5.74, 6) is 0.542. The third kappa shape index (κ3) is 2.41. The number of hydrogen-bond acceptors (Lipinski definition) is 3. The number of benzene rings is 2. The fourth-order valence-electron chi connectivity index (χ4n) is 2.37. The fourth-order valence-corrected chi connectivity index (χ4v) is 2.81. The largest absolute Gasteiger partial charge is 0.369 e. The van der Waals surface area contributed by atoms with Gasteiger partial charge >= 0.3 is 0 Å². The molecule has 0 bridgehead atoms. The molecule has 0 aliphatic carbocycles. The SMILES string of the molecule is NC1=NCC(c2ccc(Br)c(Cl)c2)N1c1ccccc1. The highest BCUT2D eigenvalue weighted by atomic mass is 79.9. The zero-order valence-electron chi connectivity index (χ0n) is 10.6. The number of halogens is 2. The van der Waals surface area contributed by atoms with Crippen LogP contribution in [-0.2, 0) is 0 Å². The number of aliphatic imine (C=N–C) groups is 1. The summed E-state index contributed by atoms with van der Waals surface area (Å²) < 4.78 is 0.890. The Hall–Kier alpha value is -1.52. The Morgan fingerprint density at radius 2 is 1.95 bits per heavy atom. The maximum Gasteiger partial charge on any atom is 0.196 e. The highest BCUT2D eigenvalue weighted by molar-refractivity contribution is 9.10. The molecule has 102 valence electrons. The van der Waals surface area contributed by atoms with E-state index < -0.39 is 0 Å². The molecule has 1 heterocycles. The van der Waals surface area contributed by atoms with Gasteiger partial charge in [0.05, 0.1) is 17.6 Å². The normalized spacial score (nSPS) is 18.2. The van der Waals surface area contributed by atoms with E-state index in [1.807, 2.05) is 53.4 Å². The summed E-state index contributed by atoms with van der Waals surface area (Å²) in [5, 5.41) is 0.695. The first kappa shape index (κ1) is 13.5. The molecule has 1 aliphatic heterocycles. The Morgan fingerprint density at radius 3 is 2.65 bits per heavy atom. The van der Waals surface area contributed by atoms with E-state index in [-0.39, 0.29) is 6.04 Å². The van der Waals surface area contributed by atoms with Crippen LogP contribution in [0.1, 0.15) is 11.6 Å². The molecule has 0 spiro atoms. The molecule has 1 aliphatic rings. The van der Waals surface area contributed by atoms with Crippen molar-refractivity contribution >= 4 is 39.2 Å². The molecule has 5 heteroatoms. The zero-order chi connectivity index (χ0) is 14.1. The standard InChI is InChI=1S/C15H13BrClN3/c16-12-7-6-10(8-13(12)17)14-9-19-15(18)20(14)11-4-2-1-3-5-11/h1-8,14H,9H2,(H2,18,19). The molecular weight excluding hydrogens is 338 g/mol. The van der Waals surface area contributed by atoms with Gasteiger partial charge in [-0.2, -0.15) is 0 Å². The highest BCUT2D eigenvalue weighted by Gasteiger charge is 2.28. The number of nitrogens with two attached hydrogens (primary N) is 1. The molecule has 2 aromatic carbocycles. The molecule has 2 N–H and O–H groups in total. The Bertz CT molecular complexity index is 657. The second-order valence-corrected chi connectivity index (χ2v) is 5.86. The van der Waals surface area contributed by atoms with E-state index in [4.69, 9.17) is 17.3 Å². The first-order valence-electron chi connectivity index (χ1n) is 6.26. The summed E-state index contributed by atoms with van der Waals surface area (Å²) in [4.78, 5) is 6.41. The van der Waals surface area contributed by atoms with Gasteiger partial charge in [0.15, 0.2) is 5.96 Å². The minimum atomic E-state index is 0.0861. The van der Waals surface area contributed by atoms with Crippen molar-refractivity contribution in [2.24, 2.45) is 10.7 Å². The molecule has 0 radical (unpaired) electrons. The van der Waals surface area contributed by atoms with Crippen LogP contribution in [0.15, 0.2) is 58.0 Å². The number of rotatable bonds is 2. The number of para-hydroxylation sites is 1. The van der Waals surface area contributed by atoms with Crippen LogP contribution in [0.4, 0.5) is 5.69 Å². The molecule has 2 aromatic rings. The summed E-state index contributed by atoms with van der Waals surface area (Å²) in [6.45, 7) is 0.638. The molecule has 3 nitrogen and oxygen atoms in total. The first-order chi connectivity index (χ1) is 9.66. The summed E-state index contributed by atoms with van der Waals surface area (Å²) in [7, 11) is 0. The van der Waals surface area contributed by atoms with E-state index >= 15 is 0 Å². The lowest BCUT2D eigenvalue weighted by Crippen LogP contribution is -2.36. The molecule has 0 saturated heterocycles. The van der Waals surface area contributed by atoms with Crippen LogP contribution in [0.3, 0.4) is 0 Å². The van der Waals surface area contributed by atoms with Gasteiger partial charge < -0.3 is 10.6 Å². The topological polar surface area (TPSA) is 41.6 Å². The van der Waals surface area contributed by atoms with Crippen molar-refractivity contribution in [3.63, 3.8) is 0 Å². The van der Waals surface area contributed by atoms with Crippen LogP contribution >= 0.6 is 27.5 Å². The second kappa shape index (κ2) is 5.46. The van der Waals surface area contributed by atoms with Crippen molar-refractivity contribution in [3.05, 3.63) is 63.6 Å². The Kier molecular flexibility index (Phi) is 3.68. The Morgan fingerprint density at radius 1 is 1.20 bits per heavy atom. The average molecular weight is 351 g/mol. The van der Waals surface area contributed by atoms with Crippen LogP contribution in [0.25, 0.3) is 0 Å². The molecular formula is C15H13BrClN3. The predicted molar refractivity (Wildman–Crippen MR) is 87.3 cm³/mol. The summed E-state index contributed by atoms with van der Waals surface area (Å²) in [5.41, 5.74) is 8.18. The van der Waals surface area contributed by atoms with Gasteiger partial charge in [0.2, 0.25) is 0 Å². The van der Waals surface area contributed by atoms with E-state index in [2.05, 4.69) is 20.9 Å². The molecule has 0 aromatic heterocycles. The number of hydrogen-bond donors (Lipinski definition) is 1. The first-order valence-corrected chi connectivity index (χ1v) is 7.43. The van der Waals surface area contributed by atoms with Gasteiger partial charge in [0.25, 0.3) is 0 Å². The summed E-state index contributed by atoms with van der Waals surface area (Å²) >= 11 is 9.60. The molecule has 3 rings (SSSR count). The van der Waals surface area contributed by atoms with Crippen molar-refractivity contribution in [1.29, 1.82) is 0 Å². The maximum atomic E-state index is 6.19. The van der Waals surface area contributed by atoms with E-state index in [9.17, 15) is 0 Å². The number of anilines is 1. The summed E-state index contributed by atoms with van der Waals surface area (Å²) in [6.07, 6.45) is 0. The van der Waals surface area contributed by atoms with Crippen molar-refractivity contribution in [1.82, 2.24) is 0 Å². The Balaban J connectivity index is 1.99. The molecule has 0 fully saturated rings. The van der Waals surface area contributed by atoms with Crippen molar-refractivity contribution in [3.8, 4) is 0 Å². The van der Waals surface area contributed by atoms with Crippen LogP contribution in [0.2, 0.25) is 5.02 Å². The highest BCUT2D eigenvalue weighted by Crippen LogP contribution is 2.33. The number of nitrogens with zero attached hydrogens (tertiary/aromatic N) is 2. The quantitative estimate of drug-likeness (QED) is 0.890. The molecule has 1 atom stereocenters. The number of guanidine groups is 1. The lowest BCUT2D eigenvalue weighted by Gasteiger charge is -2.26. The van der Waals surface area contributed by atoms with Gasteiger partial charge in [0.1, 0.15) is 0 Å². The fraction of sp³-hybridized carbons (Fsp3) is 0.133. The average Bonchev–Trinajstić information content (AvgIpc) is 2.85. The molecule has 1 unspecified atom stereocenters. The minimum absolute atomic E-state index is 0.0861. The van der Waals surface area contributed by atoms with Gasteiger partial charge in [-0.25, -0.2) is 0 Å². The van der Waals surface area contributed by atoms with Crippen molar-refractivity contribution < 1.29 is 0 Å². The van der Waals surface area contributed by atoms with Crippen LogP contribution in [0, 0.1) is 0 Å². The van der Waals surface area contributed by atoms with Crippen LogP contribution in [-0.4, -0.2) is 12.5 Å². The Labute approximate surface area is 131 Å². The monoisotopic (exact) mass is 349 g/mol. The van der Waals surface area contributed by atoms with E-state index in [0.29, 0.717) is 17.5 Å². The third-order valence-corrected chi connectivity index (χ3v) is 4.58. The van der Waals surface area contributed by atoms with Gasteiger partial charge in [-0.3, -0.25) is 4.99 Å². The van der Waals surface area contributed by atoms with Gasteiger partial charge in [-0.05, 0) is 45.8 Å². The summed E-state index contributed by atoms with van der Waals surface area (Å²) in [6, 6.07) is 16.1. The molecule has 20 heavy (non-hydrogen) atoms. The van der Waals surface area contributed by atoms with Crippen LogP contribution in [0.5, 0.6) is 0 Å². The van der Waals surface area contributed by atoms with Crippen molar-refractivity contribution in [2.45, 2.75) is 6.04 Å². The maximum absolute atomic E-state index is 6.19. The third-order valence-electron chi connectivity index (χ3n) is 3.35. The smallest absolute Gasteiger partial charge is 0.196 e. The van der Waals surface area contributed by atoms with E-state index in [1.165, 1.54) is 0 Å². The van der Waals surface area contributed by atoms with Gasteiger partial charge in [-0.15, -0.1) is 0 Å². The molecule has 0 amide bonds. The van der Waals surface area contributed by atoms with Crippen LogP contribution < -0.4 is 10.6 Å². The predicted octanol–water partition coefficient (Wildman–Crippen LogP) is 3.98. The van der Waals surface area contributed by atoms with Crippen molar-refractivity contribution in [2.75, 3.05) is 11.4 Å². The second-order valence-electron chi connectivity index (χ2n) is 4.59. The lowest BCUT2D eigenvalue weighted by atomic mass is 10.1. The van der Waals surface area contributed by atoms with E-state index in [1.54, 1.807) is 0 Å². The van der Waals surface area contributed by atoms with E-state index in [0.717, 1.165) is 15.7 Å². The lowest BCUT2D eigenvalue weighted by molar-refractivity contribution is 0.768.